The predicted octanol–water partition coefficient (Wildman–Crippen LogP) is 1.66. The Hall–Kier alpha value is -2.35. The Morgan fingerprint density at radius 1 is 1.25 bits per heavy atom. The molecule has 1 unspecified atom stereocenters. The zero-order valence-electron chi connectivity index (χ0n) is 13.5. The number of nitrogens with zero attached hydrogens (tertiary/aromatic N) is 4. The summed E-state index contributed by atoms with van der Waals surface area (Å²) in [7, 11) is 1.85. The molecule has 126 valence electrons. The highest BCUT2D eigenvalue weighted by atomic mass is 32.2. The summed E-state index contributed by atoms with van der Waals surface area (Å²) >= 11 is 1.22. The number of nitrogens with two attached hydrogens (primary N) is 2. The Morgan fingerprint density at radius 3 is 2.71 bits per heavy atom. The number of fused-ring (bicyclic) bond motifs is 1. The number of rotatable bonds is 4. The summed E-state index contributed by atoms with van der Waals surface area (Å²) in [5, 5.41) is 0.366. The first-order chi connectivity index (χ1) is 11.5. The number of thioether (sulfide) groups is 1. The van der Waals surface area contributed by atoms with Crippen LogP contribution in [0.2, 0.25) is 0 Å². The van der Waals surface area contributed by atoms with Crippen LogP contribution < -0.4 is 11.5 Å². The second-order valence-corrected chi connectivity index (χ2v) is 6.68. The van der Waals surface area contributed by atoms with E-state index in [1.807, 2.05) is 18.0 Å². The molecular formula is C16H20N6OS. The minimum absolute atomic E-state index is 0.0271. The van der Waals surface area contributed by atoms with Gasteiger partial charge in [0.2, 0.25) is 17.8 Å². The number of hydrogen-bond acceptors (Lipinski definition) is 7. The second kappa shape index (κ2) is 7.04. The molecule has 0 aliphatic heterocycles. The number of aryl methyl sites for hydroxylation is 1. The van der Waals surface area contributed by atoms with Crippen molar-refractivity contribution in [2.75, 3.05) is 24.3 Å². The molecule has 1 aliphatic rings. The van der Waals surface area contributed by atoms with E-state index in [9.17, 15) is 4.79 Å². The molecule has 0 radical (unpaired) electrons. The molecule has 0 spiro atoms. The number of carbonyl (C=O) groups excluding carboxylic acids is 1. The number of benzene rings is 1. The predicted molar refractivity (Wildman–Crippen MR) is 94.3 cm³/mol. The van der Waals surface area contributed by atoms with E-state index in [1.165, 1.54) is 22.9 Å². The van der Waals surface area contributed by atoms with E-state index in [4.69, 9.17) is 11.5 Å². The van der Waals surface area contributed by atoms with Crippen LogP contribution in [-0.4, -0.2) is 38.6 Å². The average Bonchev–Trinajstić information content (AvgIpc) is 2.57. The SMILES string of the molecule is CN(C(=O)CSc1nc(N)nc(N)n1)C1CCCc2ccccc21. The fraction of sp³-hybridized carbons (Fsp3) is 0.375. The number of amides is 1. The van der Waals surface area contributed by atoms with Crippen molar-refractivity contribution in [3.05, 3.63) is 35.4 Å². The van der Waals surface area contributed by atoms with Crippen LogP contribution in [0, 0.1) is 0 Å². The van der Waals surface area contributed by atoms with E-state index in [-0.39, 0.29) is 29.6 Å². The van der Waals surface area contributed by atoms with Crippen LogP contribution in [0.5, 0.6) is 0 Å². The molecular weight excluding hydrogens is 324 g/mol. The first-order valence-corrected chi connectivity index (χ1v) is 8.76. The van der Waals surface area contributed by atoms with Crippen molar-refractivity contribution < 1.29 is 4.79 Å². The lowest BCUT2D eigenvalue weighted by molar-refractivity contribution is -0.129. The van der Waals surface area contributed by atoms with Crippen molar-refractivity contribution in [3.8, 4) is 0 Å². The lowest BCUT2D eigenvalue weighted by Gasteiger charge is -2.33. The van der Waals surface area contributed by atoms with Gasteiger partial charge in [-0.2, -0.15) is 15.0 Å². The standard InChI is InChI=1S/C16H20N6OS/c1-22(12-8-4-6-10-5-2-3-7-11(10)12)13(23)9-24-16-20-14(17)19-15(18)21-16/h2-3,5,7,12H,4,6,8-9H2,1H3,(H4,17,18,19,20,21). The number of anilines is 2. The van der Waals surface area contributed by atoms with E-state index in [0.29, 0.717) is 5.16 Å². The van der Waals surface area contributed by atoms with Gasteiger partial charge in [-0.25, -0.2) is 0 Å². The Labute approximate surface area is 144 Å². The van der Waals surface area contributed by atoms with E-state index >= 15 is 0 Å². The maximum Gasteiger partial charge on any atom is 0.233 e. The van der Waals surface area contributed by atoms with Gasteiger partial charge in [0.1, 0.15) is 0 Å². The van der Waals surface area contributed by atoms with Gasteiger partial charge < -0.3 is 16.4 Å². The van der Waals surface area contributed by atoms with Gasteiger partial charge in [-0.15, -0.1) is 0 Å². The summed E-state index contributed by atoms with van der Waals surface area (Å²) in [5.74, 6) is 0.385. The molecule has 1 aromatic heterocycles. The summed E-state index contributed by atoms with van der Waals surface area (Å²) in [5.41, 5.74) is 13.7. The van der Waals surface area contributed by atoms with Gasteiger partial charge in [0.05, 0.1) is 11.8 Å². The van der Waals surface area contributed by atoms with Crippen molar-refractivity contribution in [2.45, 2.75) is 30.5 Å². The lowest BCUT2D eigenvalue weighted by Crippen LogP contribution is -2.34. The van der Waals surface area contributed by atoms with E-state index < -0.39 is 0 Å². The molecule has 24 heavy (non-hydrogen) atoms. The average molecular weight is 344 g/mol. The maximum absolute atomic E-state index is 12.6. The Balaban J connectivity index is 1.67. The summed E-state index contributed by atoms with van der Waals surface area (Å²) in [4.78, 5) is 26.1. The van der Waals surface area contributed by atoms with Crippen LogP contribution in [0.15, 0.2) is 29.4 Å². The smallest absolute Gasteiger partial charge is 0.233 e. The van der Waals surface area contributed by atoms with Crippen LogP contribution in [0.25, 0.3) is 0 Å². The zero-order valence-corrected chi connectivity index (χ0v) is 14.3. The fourth-order valence-electron chi connectivity index (χ4n) is 2.99. The highest BCUT2D eigenvalue weighted by Gasteiger charge is 2.26. The molecule has 3 rings (SSSR count). The number of aromatic nitrogens is 3. The lowest BCUT2D eigenvalue weighted by atomic mass is 9.87. The van der Waals surface area contributed by atoms with Crippen LogP contribution in [0.4, 0.5) is 11.9 Å². The minimum Gasteiger partial charge on any atom is -0.368 e. The van der Waals surface area contributed by atoms with E-state index in [0.717, 1.165) is 19.3 Å². The summed E-state index contributed by atoms with van der Waals surface area (Å²) < 4.78 is 0. The largest absolute Gasteiger partial charge is 0.368 e. The monoisotopic (exact) mass is 344 g/mol. The van der Waals surface area contributed by atoms with Crippen LogP contribution in [-0.2, 0) is 11.2 Å². The zero-order chi connectivity index (χ0) is 17.1. The molecule has 1 aliphatic carbocycles. The van der Waals surface area contributed by atoms with Gasteiger partial charge >= 0.3 is 0 Å². The van der Waals surface area contributed by atoms with Crippen molar-refractivity contribution in [1.82, 2.24) is 19.9 Å². The Kier molecular flexibility index (Phi) is 4.84. The third-order valence-electron chi connectivity index (χ3n) is 4.17. The molecule has 1 amide bonds. The molecule has 2 aromatic rings. The molecule has 0 saturated heterocycles. The number of carbonyl (C=O) groups is 1. The van der Waals surface area contributed by atoms with Crippen molar-refractivity contribution in [3.63, 3.8) is 0 Å². The minimum atomic E-state index is 0.0271. The highest BCUT2D eigenvalue weighted by Crippen LogP contribution is 2.33. The molecule has 8 heteroatoms. The first-order valence-electron chi connectivity index (χ1n) is 7.78. The Bertz CT molecular complexity index is 733. The molecule has 1 heterocycles. The van der Waals surface area contributed by atoms with Crippen LogP contribution in [0.1, 0.15) is 30.0 Å². The second-order valence-electron chi connectivity index (χ2n) is 5.73. The molecule has 0 bridgehead atoms. The van der Waals surface area contributed by atoms with Crippen LogP contribution >= 0.6 is 11.8 Å². The molecule has 0 saturated carbocycles. The highest BCUT2D eigenvalue weighted by molar-refractivity contribution is 7.99. The summed E-state index contributed by atoms with van der Waals surface area (Å²) in [6.45, 7) is 0. The van der Waals surface area contributed by atoms with Gasteiger partial charge in [-0.05, 0) is 30.4 Å². The summed E-state index contributed by atoms with van der Waals surface area (Å²) in [6.07, 6.45) is 3.15. The number of hydrogen-bond donors (Lipinski definition) is 2. The van der Waals surface area contributed by atoms with Gasteiger partial charge in [-0.3, -0.25) is 4.79 Å². The summed E-state index contributed by atoms with van der Waals surface area (Å²) in [6, 6.07) is 8.46. The van der Waals surface area contributed by atoms with Crippen molar-refractivity contribution >= 4 is 29.6 Å². The van der Waals surface area contributed by atoms with E-state index in [1.54, 1.807) is 0 Å². The molecule has 1 atom stereocenters. The van der Waals surface area contributed by atoms with Gasteiger partial charge in [0.25, 0.3) is 0 Å². The van der Waals surface area contributed by atoms with Crippen molar-refractivity contribution in [1.29, 1.82) is 0 Å². The van der Waals surface area contributed by atoms with E-state index in [2.05, 4.69) is 33.2 Å². The Morgan fingerprint density at radius 2 is 1.96 bits per heavy atom. The normalized spacial score (nSPS) is 16.5. The molecule has 4 N–H and O–H groups in total. The first kappa shape index (κ1) is 16.5. The van der Waals surface area contributed by atoms with Crippen LogP contribution in [0.3, 0.4) is 0 Å². The fourth-order valence-corrected chi connectivity index (χ4v) is 3.76. The number of nitrogen functional groups attached to an aromatic ring is 2. The third kappa shape index (κ3) is 3.59. The molecule has 1 aromatic carbocycles. The molecule has 0 fully saturated rings. The van der Waals surface area contributed by atoms with Crippen molar-refractivity contribution in [2.24, 2.45) is 0 Å². The maximum atomic E-state index is 12.6. The quantitative estimate of drug-likeness (QED) is 0.811. The molecule has 7 nitrogen and oxygen atoms in total. The van der Waals surface area contributed by atoms with Gasteiger partial charge in [0.15, 0.2) is 5.16 Å². The van der Waals surface area contributed by atoms with Gasteiger partial charge in [-0.1, -0.05) is 36.0 Å². The van der Waals surface area contributed by atoms with Gasteiger partial charge in [0, 0.05) is 7.05 Å². The third-order valence-corrected chi connectivity index (χ3v) is 5.00. The topological polar surface area (TPSA) is 111 Å².